The molecule has 0 saturated carbocycles. The second-order valence-electron chi connectivity index (χ2n) is 3.23. The molecule has 0 aromatic carbocycles. The molecule has 0 aromatic rings. The molecule has 0 spiro atoms. The number of methoxy groups -OCH3 is 1. The van der Waals surface area contributed by atoms with Crippen LogP contribution >= 0.6 is 0 Å². The number of rotatable bonds is 3. The molecule has 11 heavy (non-hydrogen) atoms. The number of halogens is 1. The predicted octanol–water partition coefficient (Wildman–Crippen LogP) is -1.78. The van der Waals surface area contributed by atoms with E-state index in [0.29, 0.717) is 0 Å². The molecule has 3 heteroatoms. The van der Waals surface area contributed by atoms with E-state index in [4.69, 9.17) is 4.74 Å². The topological polar surface area (TPSA) is 9.23 Å². The Kier molecular flexibility index (Phi) is 4.61. The molecule has 2 nitrogen and oxygen atoms in total. The van der Waals surface area contributed by atoms with Crippen LogP contribution < -0.4 is 4.70 Å². The summed E-state index contributed by atoms with van der Waals surface area (Å²) in [4.78, 5) is 0. The van der Waals surface area contributed by atoms with Gasteiger partial charge in [0.25, 0.3) is 0 Å². The molecule has 0 N–H and O–H groups in total. The van der Waals surface area contributed by atoms with Gasteiger partial charge in [-0.25, -0.2) is 0 Å². The molecule has 1 rings (SSSR count). The maximum atomic E-state index is 5.19. The van der Waals surface area contributed by atoms with Gasteiger partial charge in [-0.15, -0.1) is 0 Å². The summed E-state index contributed by atoms with van der Waals surface area (Å²) in [6, 6.07) is 0. The van der Waals surface area contributed by atoms with Crippen LogP contribution in [0.3, 0.4) is 0 Å². The molecule has 1 heterocycles. The maximum Gasteiger partial charge on any atom is 0.182 e. The highest BCUT2D eigenvalue weighted by molar-refractivity contribution is 4.50. The van der Waals surface area contributed by atoms with E-state index < -0.39 is 0 Å². The predicted molar refractivity (Wildman–Crippen MR) is 41.6 cm³/mol. The Morgan fingerprint density at radius 1 is 1.27 bits per heavy atom. The molecule has 0 bridgehead atoms. The molecule has 1 aliphatic rings. The van der Waals surface area contributed by atoms with Gasteiger partial charge in [-0.3, -0.25) is 0 Å². The molecule has 0 radical (unpaired) electrons. The highest BCUT2D eigenvalue weighted by Gasteiger charge is 2.29. The van der Waals surface area contributed by atoms with Crippen molar-refractivity contribution in [3.05, 3.63) is 0 Å². The molecule has 0 aliphatic carbocycles. The van der Waals surface area contributed by atoms with E-state index in [0.717, 1.165) is 6.73 Å². The number of ether oxygens (including phenoxy) is 1. The van der Waals surface area contributed by atoms with Gasteiger partial charge in [-0.05, 0) is 6.92 Å². The third-order valence-electron chi connectivity index (χ3n) is 2.59. The van der Waals surface area contributed by atoms with Gasteiger partial charge in [0.15, 0.2) is 6.73 Å². The first-order valence-corrected chi connectivity index (χ1v) is 4.17. The van der Waals surface area contributed by atoms with E-state index in [2.05, 4.69) is 6.92 Å². The van der Waals surface area contributed by atoms with Gasteiger partial charge in [0, 0.05) is 20.0 Å². The van der Waals surface area contributed by atoms with Gasteiger partial charge in [-0.2, -0.15) is 0 Å². The largest absolute Gasteiger partial charge is 1.00 e. The first-order valence-electron chi connectivity index (χ1n) is 4.17. The Morgan fingerprint density at radius 2 is 1.82 bits per heavy atom. The van der Waals surface area contributed by atoms with Crippen molar-refractivity contribution in [2.24, 2.45) is 0 Å². The average molecular weight is 163 g/mol. The van der Waals surface area contributed by atoms with E-state index in [1.54, 1.807) is 7.11 Å². The smallest absolute Gasteiger partial charge is 0.182 e. The van der Waals surface area contributed by atoms with Crippen molar-refractivity contribution in [1.82, 2.24) is 0 Å². The first kappa shape index (κ1) is 10.8. The van der Waals surface area contributed by atoms with Crippen LogP contribution in [0.2, 0.25) is 0 Å². The van der Waals surface area contributed by atoms with Crippen molar-refractivity contribution >= 4 is 0 Å². The fourth-order valence-electron chi connectivity index (χ4n) is 1.82. The van der Waals surface area contributed by atoms with Crippen molar-refractivity contribution in [1.29, 1.82) is 0 Å². The van der Waals surface area contributed by atoms with Crippen molar-refractivity contribution in [3.63, 3.8) is 0 Å². The van der Waals surface area contributed by atoms with Gasteiger partial charge in [0.05, 0.1) is 19.6 Å². The van der Waals surface area contributed by atoms with E-state index in [1.807, 2.05) is 0 Å². The second-order valence-corrected chi connectivity index (χ2v) is 3.23. The standard InChI is InChI=1S/C8H18NO.FH/c1-3-9(8-10-2)6-4-5-7-9;/h3-8H2,1-2H3;1H/q+1;/p-1. The summed E-state index contributed by atoms with van der Waals surface area (Å²) in [5, 5.41) is 0. The van der Waals surface area contributed by atoms with Gasteiger partial charge in [0.1, 0.15) is 0 Å². The van der Waals surface area contributed by atoms with Crippen LogP contribution in [0.1, 0.15) is 19.8 Å². The van der Waals surface area contributed by atoms with E-state index in [9.17, 15) is 0 Å². The lowest BCUT2D eigenvalue weighted by molar-refractivity contribution is -0.932. The van der Waals surface area contributed by atoms with Gasteiger partial charge in [0.2, 0.25) is 0 Å². The fraction of sp³-hybridized carbons (Fsp3) is 1.00. The molecule has 68 valence electrons. The number of hydrogen-bond acceptors (Lipinski definition) is 1. The lowest BCUT2D eigenvalue weighted by Crippen LogP contribution is -3.00. The zero-order valence-corrected chi connectivity index (χ0v) is 7.48. The van der Waals surface area contributed by atoms with E-state index in [-0.39, 0.29) is 4.70 Å². The van der Waals surface area contributed by atoms with Crippen LogP contribution in [0.5, 0.6) is 0 Å². The summed E-state index contributed by atoms with van der Waals surface area (Å²) in [6.45, 7) is 7.04. The van der Waals surface area contributed by atoms with Crippen LogP contribution in [0.25, 0.3) is 0 Å². The minimum absolute atomic E-state index is 0. The van der Waals surface area contributed by atoms with Crippen LogP contribution in [0, 0.1) is 0 Å². The Hall–Kier alpha value is -0.150. The molecule has 0 unspecified atom stereocenters. The maximum absolute atomic E-state index is 5.19. The van der Waals surface area contributed by atoms with Gasteiger partial charge < -0.3 is 13.9 Å². The molecule has 1 fully saturated rings. The van der Waals surface area contributed by atoms with Crippen LogP contribution in [-0.2, 0) is 4.74 Å². The molecule has 1 aliphatic heterocycles. The first-order chi connectivity index (χ1) is 4.83. The summed E-state index contributed by atoms with van der Waals surface area (Å²) < 4.78 is 6.38. The molecular weight excluding hydrogens is 145 g/mol. The quantitative estimate of drug-likeness (QED) is 0.447. The number of nitrogens with zero attached hydrogens (tertiary/aromatic N) is 1. The SMILES string of the molecule is CC[N+]1(COC)CCCC1.[F-]. The summed E-state index contributed by atoms with van der Waals surface area (Å²) in [6.07, 6.45) is 2.77. The number of likely N-dealkylation sites (tertiary alicyclic amines) is 1. The van der Waals surface area contributed by atoms with Crippen molar-refractivity contribution in [2.45, 2.75) is 19.8 Å². The molecule has 0 aromatic heterocycles. The Balaban J connectivity index is 0.000001000. The van der Waals surface area contributed by atoms with E-state index >= 15 is 0 Å². The number of hydrogen-bond donors (Lipinski definition) is 0. The van der Waals surface area contributed by atoms with Crippen LogP contribution in [0.15, 0.2) is 0 Å². The second kappa shape index (κ2) is 4.67. The highest BCUT2D eigenvalue weighted by Crippen LogP contribution is 2.18. The average Bonchev–Trinajstić information content (AvgIpc) is 2.39. The Labute approximate surface area is 68.1 Å². The molecule has 0 amide bonds. The molecule has 1 saturated heterocycles. The van der Waals surface area contributed by atoms with Gasteiger partial charge in [-0.1, -0.05) is 0 Å². The lowest BCUT2D eigenvalue weighted by atomic mass is 10.4. The lowest BCUT2D eigenvalue weighted by Gasteiger charge is -2.31. The minimum Gasteiger partial charge on any atom is -1.00 e. The Bertz CT molecular complexity index is 102. The molecular formula is C8H18FNO. The minimum atomic E-state index is 0. The summed E-state index contributed by atoms with van der Waals surface area (Å²) >= 11 is 0. The van der Waals surface area contributed by atoms with Gasteiger partial charge >= 0.3 is 0 Å². The zero-order chi connectivity index (χ0) is 7.45. The summed E-state index contributed by atoms with van der Waals surface area (Å²) in [5.74, 6) is 0. The number of quaternary nitrogens is 1. The van der Waals surface area contributed by atoms with Crippen LogP contribution in [0.4, 0.5) is 0 Å². The summed E-state index contributed by atoms with van der Waals surface area (Å²) in [5.41, 5.74) is 0. The normalized spacial score (nSPS) is 21.3. The van der Waals surface area contributed by atoms with Crippen LogP contribution in [-0.4, -0.2) is 38.0 Å². The fourth-order valence-corrected chi connectivity index (χ4v) is 1.82. The highest BCUT2D eigenvalue weighted by atomic mass is 19.0. The third kappa shape index (κ3) is 2.42. The summed E-state index contributed by atoms with van der Waals surface area (Å²) in [7, 11) is 1.80. The Morgan fingerprint density at radius 3 is 2.18 bits per heavy atom. The van der Waals surface area contributed by atoms with Crippen molar-refractivity contribution < 1.29 is 13.9 Å². The van der Waals surface area contributed by atoms with Crippen molar-refractivity contribution in [3.8, 4) is 0 Å². The third-order valence-corrected chi connectivity index (χ3v) is 2.59. The zero-order valence-electron chi connectivity index (χ0n) is 7.48. The van der Waals surface area contributed by atoms with E-state index in [1.165, 1.54) is 37.0 Å². The monoisotopic (exact) mass is 163 g/mol. The molecule has 0 atom stereocenters. The van der Waals surface area contributed by atoms with Crippen molar-refractivity contribution in [2.75, 3.05) is 33.5 Å².